The third kappa shape index (κ3) is 6.89. The van der Waals surface area contributed by atoms with Crippen molar-refractivity contribution in [1.29, 1.82) is 0 Å². The molecule has 2 unspecified atom stereocenters. The van der Waals surface area contributed by atoms with E-state index in [2.05, 4.69) is 12.2 Å². The fourth-order valence-electron chi connectivity index (χ4n) is 2.23. The Kier molecular flexibility index (Phi) is 8.79. The zero-order chi connectivity index (χ0) is 13.9. The summed E-state index contributed by atoms with van der Waals surface area (Å²) in [6.07, 6.45) is 5.20. The predicted molar refractivity (Wildman–Crippen MR) is 74.9 cm³/mol. The minimum absolute atomic E-state index is 0.0437. The highest BCUT2D eigenvalue weighted by atomic mass is 16.5. The van der Waals surface area contributed by atoms with E-state index in [1.54, 1.807) is 0 Å². The largest absolute Gasteiger partial charge is 0.379 e. The van der Waals surface area contributed by atoms with Gasteiger partial charge in [0.05, 0.1) is 18.6 Å². The molecule has 0 aromatic rings. The molecular formula is C14H28N2O3. The lowest BCUT2D eigenvalue weighted by molar-refractivity contribution is -0.124. The molecule has 1 saturated heterocycles. The van der Waals surface area contributed by atoms with Gasteiger partial charge in [0, 0.05) is 26.3 Å². The van der Waals surface area contributed by atoms with Crippen LogP contribution < -0.4 is 11.1 Å². The van der Waals surface area contributed by atoms with E-state index in [0.29, 0.717) is 26.3 Å². The Bertz CT molecular complexity index is 243. The third-order valence-electron chi connectivity index (χ3n) is 3.38. The average Bonchev–Trinajstić information content (AvgIpc) is 2.92. The maximum atomic E-state index is 11.8. The van der Waals surface area contributed by atoms with Crippen molar-refractivity contribution in [2.24, 2.45) is 11.7 Å². The molecule has 1 fully saturated rings. The van der Waals surface area contributed by atoms with Crippen molar-refractivity contribution in [2.75, 3.05) is 32.9 Å². The number of ether oxygens (including phenoxy) is 2. The molecule has 0 bridgehead atoms. The van der Waals surface area contributed by atoms with Crippen molar-refractivity contribution in [1.82, 2.24) is 5.32 Å². The molecule has 5 heteroatoms. The molecule has 0 saturated carbocycles. The van der Waals surface area contributed by atoms with Gasteiger partial charge in [-0.3, -0.25) is 4.79 Å². The SMILES string of the molecule is CCCC(CN)C(=O)NCCCOCC1CCCO1. The van der Waals surface area contributed by atoms with Crippen molar-refractivity contribution in [3.05, 3.63) is 0 Å². The van der Waals surface area contributed by atoms with Crippen molar-refractivity contribution in [2.45, 2.75) is 45.1 Å². The molecule has 0 aliphatic carbocycles. The maximum Gasteiger partial charge on any atom is 0.224 e. The highest BCUT2D eigenvalue weighted by Crippen LogP contribution is 2.11. The van der Waals surface area contributed by atoms with Crippen LogP contribution in [0.4, 0.5) is 0 Å². The summed E-state index contributed by atoms with van der Waals surface area (Å²) in [6.45, 7) is 5.35. The van der Waals surface area contributed by atoms with Crippen LogP contribution in [0.2, 0.25) is 0 Å². The molecule has 1 amide bonds. The van der Waals surface area contributed by atoms with Gasteiger partial charge in [-0.2, -0.15) is 0 Å². The van der Waals surface area contributed by atoms with E-state index in [1.807, 2.05) is 0 Å². The molecule has 112 valence electrons. The topological polar surface area (TPSA) is 73.6 Å². The van der Waals surface area contributed by atoms with Crippen LogP contribution in [-0.4, -0.2) is 44.9 Å². The van der Waals surface area contributed by atoms with Gasteiger partial charge >= 0.3 is 0 Å². The molecule has 1 aliphatic rings. The van der Waals surface area contributed by atoms with Crippen LogP contribution in [0, 0.1) is 5.92 Å². The van der Waals surface area contributed by atoms with E-state index in [9.17, 15) is 4.79 Å². The van der Waals surface area contributed by atoms with Crippen molar-refractivity contribution >= 4 is 5.91 Å². The number of carbonyl (C=O) groups is 1. The van der Waals surface area contributed by atoms with Gasteiger partial charge in [0.15, 0.2) is 0 Å². The first-order valence-electron chi connectivity index (χ1n) is 7.45. The van der Waals surface area contributed by atoms with E-state index in [-0.39, 0.29) is 17.9 Å². The summed E-state index contributed by atoms with van der Waals surface area (Å²) >= 11 is 0. The van der Waals surface area contributed by atoms with Crippen LogP contribution in [0.3, 0.4) is 0 Å². The second kappa shape index (κ2) is 10.2. The molecule has 0 aromatic heterocycles. The smallest absolute Gasteiger partial charge is 0.224 e. The van der Waals surface area contributed by atoms with Crippen LogP contribution >= 0.6 is 0 Å². The molecule has 0 aromatic carbocycles. The highest BCUT2D eigenvalue weighted by Gasteiger charge is 2.16. The van der Waals surface area contributed by atoms with Gasteiger partial charge in [-0.25, -0.2) is 0 Å². The van der Waals surface area contributed by atoms with Gasteiger partial charge < -0.3 is 20.5 Å². The molecular weight excluding hydrogens is 244 g/mol. The second-order valence-electron chi connectivity index (χ2n) is 5.08. The molecule has 2 atom stereocenters. The molecule has 19 heavy (non-hydrogen) atoms. The Morgan fingerprint density at radius 2 is 2.42 bits per heavy atom. The first-order chi connectivity index (χ1) is 9.27. The van der Waals surface area contributed by atoms with Crippen LogP contribution in [0.15, 0.2) is 0 Å². The third-order valence-corrected chi connectivity index (χ3v) is 3.38. The van der Waals surface area contributed by atoms with E-state index in [1.165, 1.54) is 0 Å². The van der Waals surface area contributed by atoms with Crippen molar-refractivity contribution in [3.8, 4) is 0 Å². The van der Waals surface area contributed by atoms with Gasteiger partial charge in [0.25, 0.3) is 0 Å². The minimum Gasteiger partial charge on any atom is -0.379 e. The summed E-state index contributed by atoms with van der Waals surface area (Å²) < 4.78 is 11.0. The summed E-state index contributed by atoms with van der Waals surface area (Å²) in [5.74, 6) is 0.0290. The highest BCUT2D eigenvalue weighted by molar-refractivity contribution is 5.78. The number of rotatable bonds is 10. The number of carbonyl (C=O) groups excluding carboxylic acids is 1. The normalized spacial score (nSPS) is 20.4. The molecule has 0 spiro atoms. The Hall–Kier alpha value is -0.650. The molecule has 1 heterocycles. The zero-order valence-electron chi connectivity index (χ0n) is 12.0. The first-order valence-corrected chi connectivity index (χ1v) is 7.45. The van der Waals surface area contributed by atoms with Gasteiger partial charge in [-0.05, 0) is 25.7 Å². The lowest BCUT2D eigenvalue weighted by Crippen LogP contribution is -2.35. The van der Waals surface area contributed by atoms with Gasteiger partial charge in [0.2, 0.25) is 5.91 Å². The lowest BCUT2D eigenvalue weighted by atomic mass is 10.0. The summed E-state index contributed by atoms with van der Waals surface area (Å²) in [5.41, 5.74) is 5.58. The standard InChI is InChI=1S/C14H28N2O3/c1-2-5-12(10-15)14(17)16-7-4-8-18-11-13-6-3-9-19-13/h12-13H,2-11,15H2,1H3,(H,16,17). The monoisotopic (exact) mass is 272 g/mol. The first kappa shape index (κ1) is 16.4. The number of nitrogens with two attached hydrogens (primary N) is 1. The number of amides is 1. The Labute approximate surface area is 116 Å². The van der Waals surface area contributed by atoms with Crippen molar-refractivity contribution in [3.63, 3.8) is 0 Å². The summed E-state index contributed by atoms with van der Waals surface area (Å²) in [5, 5.41) is 2.92. The molecule has 1 rings (SSSR count). The van der Waals surface area contributed by atoms with Gasteiger partial charge in [0.1, 0.15) is 0 Å². The van der Waals surface area contributed by atoms with Crippen molar-refractivity contribution < 1.29 is 14.3 Å². The second-order valence-corrected chi connectivity index (χ2v) is 5.08. The van der Waals surface area contributed by atoms with E-state index in [4.69, 9.17) is 15.2 Å². The van der Waals surface area contributed by atoms with Crippen LogP contribution in [-0.2, 0) is 14.3 Å². The molecule has 3 N–H and O–H groups in total. The Morgan fingerprint density at radius 3 is 3.05 bits per heavy atom. The number of hydrogen-bond donors (Lipinski definition) is 2. The quantitative estimate of drug-likeness (QED) is 0.583. The van der Waals surface area contributed by atoms with E-state index in [0.717, 1.165) is 38.7 Å². The van der Waals surface area contributed by atoms with E-state index >= 15 is 0 Å². The molecule has 1 aliphatic heterocycles. The number of hydrogen-bond acceptors (Lipinski definition) is 4. The molecule has 5 nitrogen and oxygen atoms in total. The maximum absolute atomic E-state index is 11.8. The lowest BCUT2D eigenvalue weighted by Gasteiger charge is -2.14. The number of nitrogens with one attached hydrogen (secondary N) is 1. The van der Waals surface area contributed by atoms with Gasteiger partial charge in [-0.15, -0.1) is 0 Å². The summed E-state index contributed by atoms with van der Waals surface area (Å²) in [7, 11) is 0. The average molecular weight is 272 g/mol. The predicted octanol–water partition coefficient (Wildman–Crippen LogP) is 1.06. The minimum atomic E-state index is -0.0437. The van der Waals surface area contributed by atoms with Crippen LogP contribution in [0.25, 0.3) is 0 Å². The van der Waals surface area contributed by atoms with Gasteiger partial charge in [-0.1, -0.05) is 13.3 Å². The van der Waals surface area contributed by atoms with Crippen LogP contribution in [0.5, 0.6) is 0 Å². The van der Waals surface area contributed by atoms with E-state index < -0.39 is 0 Å². The Morgan fingerprint density at radius 1 is 1.58 bits per heavy atom. The fraction of sp³-hybridized carbons (Fsp3) is 0.929. The summed E-state index contributed by atoms with van der Waals surface area (Å²) in [6, 6.07) is 0. The zero-order valence-corrected chi connectivity index (χ0v) is 12.0. The van der Waals surface area contributed by atoms with Crippen LogP contribution in [0.1, 0.15) is 39.0 Å². The summed E-state index contributed by atoms with van der Waals surface area (Å²) in [4.78, 5) is 11.8. The fourth-order valence-corrected chi connectivity index (χ4v) is 2.23. The molecule has 0 radical (unpaired) electrons. The Balaban J connectivity index is 1.95.